The summed E-state index contributed by atoms with van der Waals surface area (Å²) in [6, 6.07) is 16.3. The van der Waals surface area contributed by atoms with E-state index in [4.69, 9.17) is 0 Å². The Balaban J connectivity index is 1.42. The summed E-state index contributed by atoms with van der Waals surface area (Å²) in [5, 5.41) is 0.300. The number of halogens is 1. The molecule has 5 rings (SSSR count). The number of rotatable bonds is 6. The van der Waals surface area contributed by atoms with Crippen molar-refractivity contribution in [1.29, 1.82) is 0 Å². The molecular formula is C30H34FP. The lowest BCUT2D eigenvalue weighted by Crippen LogP contribution is -2.26. The number of fused-ring (bicyclic) bond motifs is 1. The minimum atomic E-state index is -0.159. The van der Waals surface area contributed by atoms with Crippen LogP contribution in [0.2, 0.25) is 0 Å². The van der Waals surface area contributed by atoms with Crippen LogP contribution in [0.25, 0.3) is 0 Å². The van der Waals surface area contributed by atoms with Crippen LogP contribution in [0.15, 0.2) is 83.5 Å². The van der Waals surface area contributed by atoms with Crippen molar-refractivity contribution < 1.29 is 4.39 Å². The molecule has 0 N–H and O–H groups in total. The molecule has 2 aliphatic carbocycles. The van der Waals surface area contributed by atoms with Gasteiger partial charge >= 0.3 is 0 Å². The van der Waals surface area contributed by atoms with E-state index in [9.17, 15) is 4.39 Å². The molecule has 2 heteroatoms. The van der Waals surface area contributed by atoms with E-state index in [-0.39, 0.29) is 13.7 Å². The standard InChI is InChI=1S/C30H34FP/c1-4-7-23-20-30(3)26(19-25(23)18-22-10-12-27(31)13-11-22)14-17-32(30)21-24-8-5-6-9-28(24)29(2)15-16-29/h4-13,19H,14-18,20-21H2,1-3H3/b7-4-. The predicted octanol–water partition coefficient (Wildman–Crippen LogP) is 8.47. The average molecular weight is 445 g/mol. The summed E-state index contributed by atoms with van der Waals surface area (Å²) < 4.78 is 13.4. The van der Waals surface area contributed by atoms with Gasteiger partial charge in [-0.25, -0.2) is 4.39 Å². The summed E-state index contributed by atoms with van der Waals surface area (Å²) in [6.07, 6.45) is 15.6. The first-order valence-electron chi connectivity index (χ1n) is 12.0. The molecule has 2 aromatic carbocycles. The Bertz CT molecular complexity index is 1100. The predicted molar refractivity (Wildman–Crippen MR) is 136 cm³/mol. The molecule has 2 unspecified atom stereocenters. The Morgan fingerprint density at radius 3 is 2.50 bits per heavy atom. The minimum absolute atomic E-state index is 0.102. The van der Waals surface area contributed by atoms with E-state index in [1.165, 1.54) is 48.3 Å². The number of hydrogen-bond acceptors (Lipinski definition) is 0. The Labute approximate surface area is 194 Å². The highest BCUT2D eigenvalue weighted by Gasteiger charge is 2.46. The van der Waals surface area contributed by atoms with E-state index < -0.39 is 0 Å². The van der Waals surface area contributed by atoms with Crippen molar-refractivity contribution >= 4 is 7.92 Å². The van der Waals surface area contributed by atoms with Gasteiger partial charge in [-0.3, -0.25) is 0 Å². The third-order valence-corrected chi connectivity index (χ3v) is 11.4. The topological polar surface area (TPSA) is 0 Å². The monoisotopic (exact) mass is 444 g/mol. The smallest absolute Gasteiger partial charge is 0.123 e. The summed E-state index contributed by atoms with van der Waals surface area (Å²) in [5.41, 5.74) is 9.39. The zero-order valence-corrected chi connectivity index (χ0v) is 20.5. The van der Waals surface area contributed by atoms with Crippen LogP contribution < -0.4 is 0 Å². The summed E-state index contributed by atoms with van der Waals surface area (Å²) in [5.74, 6) is -0.159. The van der Waals surface area contributed by atoms with Crippen LogP contribution in [0.3, 0.4) is 0 Å². The molecule has 32 heavy (non-hydrogen) atoms. The fraction of sp³-hybridized carbons (Fsp3) is 0.400. The molecule has 0 radical (unpaired) electrons. The summed E-state index contributed by atoms with van der Waals surface area (Å²) in [6.45, 7) is 7.10. The van der Waals surface area contributed by atoms with Crippen molar-refractivity contribution in [1.82, 2.24) is 0 Å². The molecule has 166 valence electrons. The van der Waals surface area contributed by atoms with Crippen molar-refractivity contribution in [2.24, 2.45) is 0 Å². The summed E-state index contributed by atoms with van der Waals surface area (Å²) in [4.78, 5) is 0. The van der Waals surface area contributed by atoms with Crippen LogP contribution in [0.5, 0.6) is 0 Å². The molecule has 2 fully saturated rings. The zero-order valence-electron chi connectivity index (χ0n) is 19.6. The fourth-order valence-electron chi connectivity index (χ4n) is 5.73. The lowest BCUT2D eigenvalue weighted by atomic mass is 9.81. The molecule has 1 heterocycles. The van der Waals surface area contributed by atoms with Gasteiger partial charge in [0.05, 0.1) is 0 Å². The van der Waals surface area contributed by atoms with Crippen molar-refractivity contribution in [2.45, 2.75) is 69.6 Å². The maximum absolute atomic E-state index is 13.4. The Morgan fingerprint density at radius 2 is 1.78 bits per heavy atom. The normalized spacial score (nSPS) is 26.4. The van der Waals surface area contributed by atoms with E-state index >= 15 is 0 Å². The molecule has 1 saturated carbocycles. The van der Waals surface area contributed by atoms with E-state index in [0.29, 0.717) is 10.6 Å². The van der Waals surface area contributed by atoms with E-state index in [1.54, 1.807) is 28.8 Å². The van der Waals surface area contributed by atoms with Gasteiger partial charge in [0.25, 0.3) is 0 Å². The van der Waals surface area contributed by atoms with E-state index in [1.807, 2.05) is 12.1 Å². The highest BCUT2D eigenvalue weighted by molar-refractivity contribution is 7.59. The van der Waals surface area contributed by atoms with Crippen LogP contribution in [-0.2, 0) is 18.0 Å². The maximum Gasteiger partial charge on any atom is 0.123 e. The molecule has 2 atom stereocenters. The molecular weight excluding hydrogens is 410 g/mol. The summed E-state index contributed by atoms with van der Waals surface area (Å²) >= 11 is 0. The molecule has 0 nitrogen and oxygen atoms in total. The maximum atomic E-state index is 13.4. The van der Waals surface area contributed by atoms with Gasteiger partial charge in [-0.15, -0.1) is 0 Å². The third-order valence-electron chi connectivity index (χ3n) is 8.04. The van der Waals surface area contributed by atoms with Gasteiger partial charge < -0.3 is 0 Å². The second-order valence-electron chi connectivity index (χ2n) is 10.4. The van der Waals surface area contributed by atoms with Crippen LogP contribution in [0.1, 0.15) is 63.1 Å². The Hall–Kier alpha value is -1.98. The van der Waals surface area contributed by atoms with Gasteiger partial charge in [0.15, 0.2) is 0 Å². The van der Waals surface area contributed by atoms with Crippen LogP contribution >= 0.6 is 7.92 Å². The van der Waals surface area contributed by atoms with Crippen molar-refractivity contribution in [3.8, 4) is 0 Å². The van der Waals surface area contributed by atoms with Crippen molar-refractivity contribution in [3.05, 3.63) is 106 Å². The second kappa shape index (κ2) is 8.42. The molecule has 1 aliphatic heterocycles. The SMILES string of the molecule is C/C=C\C1=C(Cc2ccc(F)cc2)C=C2CCP(Cc3ccccc3C3(C)CC3)C2(C)C1. The lowest BCUT2D eigenvalue weighted by Gasteiger charge is -2.38. The Morgan fingerprint density at radius 1 is 1.03 bits per heavy atom. The largest absolute Gasteiger partial charge is 0.207 e. The average Bonchev–Trinajstić information content (AvgIpc) is 3.46. The number of hydrogen-bond donors (Lipinski definition) is 0. The van der Waals surface area contributed by atoms with Gasteiger partial charge in [-0.2, -0.15) is 0 Å². The zero-order chi connectivity index (χ0) is 22.3. The van der Waals surface area contributed by atoms with Gasteiger partial charge in [-0.1, -0.05) is 82.0 Å². The molecule has 0 aromatic heterocycles. The van der Waals surface area contributed by atoms with Crippen LogP contribution in [0.4, 0.5) is 4.39 Å². The molecule has 1 saturated heterocycles. The molecule has 0 spiro atoms. The van der Waals surface area contributed by atoms with Gasteiger partial charge in [0.2, 0.25) is 0 Å². The van der Waals surface area contributed by atoms with Gasteiger partial charge in [0, 0.05) is 5.16 Å². The first kappa shape index (κ1) is 21.8. The van der Waals surface area contributed by atoms with Crippen LogP contribution in [-0.4, -0.2) is 11.3 Å². The first-order valence-corrected chi connectivity index (χ1v) is 13.8. The molecule has 0 bridgehead atoms. The van der Waals surface area contributed by atoms with Crippen molar-refractivity contribution in [2.75, 3.05) is 6.16 Å². The summed E-state index contributed by atoms with van der Waals surface area (Å²) in [7, 11) is -0.102. The highest BCUT2D eigenvalue weighted by atomic mass is 31.1. The van der Waals surface area contributed by atoms with E-state index in [2.05, 4.69) is 63.3 Å². The number of benzene rings is 2. The number of allylic oxidation sites excluding steroid dienone is 6. The van der Waals surface area contributed by atoms with Crippen LogP contribution in [0, 0.1) is 5.82 Å². The second-order valence-corrected chi connectivity index (χ2v) is 13.2. The molecule has 2 aromatic rings. The minimum Gasteiger partial charge on any atom is -0.207 e. The van der Waals surface area contributed by atoms with Crippen molar-refractivity contribution in [3.63, 3.8) is 0 Å². The molecule has 3 aliphatic rings. The van der Waals surface area contributed by atoms with Gasteiger partial charge in [0.1, 0.15) is 5.82 Å². The first-order chi connectivity index (χ1) is 15.4. The highest BCUT2D eigenvalue weighted by Crippen LogP contribution is 2.66. The quantitative estimate of drug-likeness (QED) is 0.392. The fourth-order valence-corrected chi connectivity index (χ4v) is 8.91. The lowest BCUT2D eigenvalue weighted by molar-refractivity contribution is 0.627. The van der Waals surface area contributed by atoms with E-state index in [0.717, 1.165) is 12.8 Å². The Kier molecular flexibility index (Phi) is 5.75. The molecule has 0 amide bonds. The van der Waals surface area contributed by atoms with Gasteiger partial charge in [-0.05, 0) is 96.7 Å². The third kappa shape index (κ3) is 4.06.